The van der Waals surface area contributed by atoms with E-state index in [4.69, 9.17) is 16.6 Å². The number of H-pyrrole nitrogens is 1. The number of aromatic nitrogens is 4. The summed E-state index contributed by atoms with van der Waals surface area (Å²) in [6.45, 7) is 3.78. The van der Waals surface area contributed by atoms with E-state index in [-0.39, 0.29) is 0 Å². The summed E-state index contributed by atoms with van der Waals surface area (Å²) in [4.78, 5) is 19.1. The maximum Gasteiger partial charge on any atom is 0.134 e. The average molecular weight is 328 g/mol. The Balaban J connectivity index is 1.50. The van der Waals surface area contributed by atoms with Gasteiger partial charge in [-0.2, -0.15) is 0 Å². The molecule has 1 aliphatic rings. The van der Waals surface area contributed by atoms with Gasteiger partial charge in [0.2, 0.25) is 0 Å². The Bertz CT molecular complexity index is 783. The summed E-state index contributed by atoms with van der Waals surface area (Å²) in [5.74, 6) is 3.21. The number of imidazole rings is 1. The highest BCUT2D eigenvalue weighted by molar-refractivity contribution is 6.29. The van der Waals surface area contributed by atoms with Crippen LogP contribution in [0.25, 0.3) is 11.0 Å². The Kier molecular flexibility index (Phi) is 3.65. The van der Waals surface area contributed by atoms with Crippen LogP contribution in [0.5, 0.6) is 0 Å². The first-order valence-corrected chi connectivity index (χ1v) is 8.27. The van der Waals surface area contributed by atoms with Crippen LogP contribution in [0.1, 0.15) is 30.4 Å². The van der Waals surface area contributed by atoms with Crippen molar-refractivity contribution in [2.24, 2.45) is 0 Å². The van der Waals surface area contributed by atoms with Gasteiger partial charge in [0, 0.05) is 25.1 Å². The molecule has 3 heterocycles. The predicted molar refractivity (Wildman–Crippen MR) is 92.1 cm³/mol. The van der Waals surface area contributed by atoms with E-state index in [1.54, 1.807) is 0 Å². The van der Waals surface area contributed by atoms with Gasteiger partial charge < -0.3 is 9.88 Å². The summed E-state index contributed by atoms with van der Waals surface area (Å²) in [6.07, 6.45) is 2.11. The number of hydrogen-bond acceptors (Lipinski definition) is 4. The van der Waals surface area contributed by atoms with Crippen molar-refractivity contribution in [3.8, 4) is 0 Å². The van der Waals surface area contributed by atoms with E-state index in [0.717, 1.165) is 48.6 Å². The van der Waals surface area contributed by atoms with Crippen molar-refractivity contribution in [2.75, 3.05) is 18.0 Å². The first-order valence-electron chi connectivity index (χ1n) is 7.90. The van der Waals surface area contributed by atoms with Gasteiger partial charge in [-0.25, -0.2) is 15.0 Å². The molecule has 0 saturated carbocycles. The molecule has 0 bridgehead atoms. The van der Waals surface area contributed by atoms with Gasteiger partial charge in [0.1, 0.15) is 22.6 Å². The molecule has 23 heavy (non-hydrogen) atoms. The molecule has 1 saturated heterocycles. The molecule has 1 aromatic carbocycles. The fraction of sp³-hybridized carbons (Fsp3) is 0.353. The smallest absolute Gasteiger partial charge is 0.134 e. The third kappa shape index (κ3) is 2.88. The van der Waals surface area contributed by atoms with Gasteiger partial charge in [-0.05, 0) is 31.9 Å². The molecule has 0 radical (unpaired) electrons. The lowest BCUT2D eigenvalue weighted by Crippen LogP contribution is -2.34. The molecule has 3 aromatic rings. The zero-order chi connectivity index (χ0) is 15.8. The Morgan fingerprint density at radius 2 is 1.91 bits per heavy atom. The number of halogens is 1. The topological polar surface area (TPSA) is 57.7 Å². The molecule has 0 spiro atoms. The van der Waals surface area contributed by atoms with Crippen molar-refractivity contribution in [3.63, 3.8) is 0 Å². The van der Waals surface area contributed by atoms with Gasteiger partial charge in [0.05, 0.1) is 11.0 Å². The van der Waals surface area contributed by atoms with E-state index >= 15 is 0 Å². The summed E-state index contributed by atoms with van der Waals surface area (Å²) in [7, 11) is 0. The van der Waals surface area contributed by atoms with Crippen LogP contribution in [0.2, 0.25) is 5.15 Å². The molecule has 5 nitrogen and oxygen atoms in total. The van der Waals surface area contributed by atoms with Crippen LogP contribution in [0.15, 0.2) is 30.3 Å². The number of piperidine rings is 1. The van der Waals surface area contributed by atoms with Gasteiger partial charge >= 0.3 is 0 Å². The third-order valence-electron chi connectivity index (χ3n) is 4.41. The monoisotopic (exact) mass is 327 g/mol. The molecule has 1 N–H and O–H groups in total. The maximum atomic E-state index is 6.05. The average Bonchev–Trinajstić information content (AvgIpc) is 2.98. The van der Waals surface area contributed by atoms with Crippen LogP contribution in [0, 0.1) is 6.92 Å². The number of para-hydroxylation sites is 2. The van der Waals surface area contributed by atoms with E-state index in [1.807, 2.05) is 25.1 Å². The molecule has 0 amide bonds. The number of hydrogen-bond donors (Lipinski definition) is 1. The van der Waals surface area contributed by atoms with E-state index in [2.05, 4.69) is 32.0 Å². The molecule has 0 atom stereocenters. The fourth-order valence-electron chi connectivity index (χ4n) is 3.23. The molecular formula is C17H18ClN5. The van der Waals surface area contributed by atoms with E-state index in [1.165, 1.54) is 0 Å². The zero-order valence-electron chi connectivity index (χ0n) is 13.0. The van der Waals surface area contributed by atoms with Crippen LogP contribution in [0.4, 0.5) is 5.82 Å². The van der Waals surface area contributed by atoms with Crippen molar-refractivity contribution in [1.82, 2.24) is 19.9 Å². The number of nitrogens with zero attached hydrogens (tertiary/aromatic N) is 4. The van der Waals surface area contributed by atoms with E-state index in [0.29, 0.717) is 16.9 Å². The zero-order valence-corrected chi connectivity index (χ0v) is 13.7. The maximum absolute atomic E-state index is 6.05. The van der Waals surface area contributed by atoms with Crippen molar-refractivity contribution in [1.29, 1.82) is 0 Å². The summed E-state index contributed by atoms with van der Waals surface area (Å²) in [5, 5.41) is 0.506. The molecule has 1 aliphatic heterocycles. The first kappa shape index (κ1) is 14.5. The second-order valence-electron chi connectivity index (χ2n) is 6.00. The molecule has 0 aliphatic carbocycles. The van der Waals surface area contributed by atoms with Crippen molar-refractivity contribution < 1.29 is 0 Å². The molecular weight excluding hydrogens is 310 g/mol. The minimum absolute atomic E-state index is 0.469. The van der Waals surface area contributed by atoms with Crippen LogP contribution < -0.4 is 4.90 Å². The standard InChI is InChI=1S/C17H18ClN5/c1-11-19-15(18)10-16(20-11)23-8-6-12(7-9-23)17-21-13-4-2-3-5-14(13)22-17/h2-5,10,12H,6-9H2,1H3,(H,21,22). The highest BCUT2D eigenvalue weighted by Crippen LogP contribution is 2.30. The SMILES string of the molecule is Cc1nc(Cl)cc(N2CCC(c3nc4ccccc4[nH]3)CC2)n1. The summed E-state index contributed by atoms with van der Waals surface area (Å²) < 4.78 is 0. The molecule has 6 heteroatoms. The Morgan fingerprint density at radius 1 is 1.13 bits per heavy atom. The van der Waals surface area contributed by atoms with Crippen LogP contribution in [-0.2, 0) is 0 Å². The summed E-state index contributed by atoms with van der Waals surface area (Å²) in [5.41, 5.74) is 2.16. The van der Waals surface area contributed by atoms with Gasteiger partial charge in [0.15, 0.2) is 0 Å². The Labute approximate surface area is 139 Å². The molecule has 4 rings (SSSR count). The van der Waals surface area contributed by atoms with Crippen molar-refractivity contribution in [3.05, 3.63) is 47.1 Å². The largest absolute Gasteiger partial charge is 0.356 e. The Morgan fingerprint density at radius 3 is 2.65 bits per heavy atom. The van der Waals surface area contributed by atoms with Crippen LogP contribution >= 0.6 is 11.6 Å². The van der Waals surface area contributed by atoms with Crippen LogP contribution in [0.3, 0.4) is 0 Å². The third-order valence-corrected chi connectivity index (χ3v) is 4.60. The number of nitrogens with one attached hydrogen (secondary N) is 1. The quantitative estimate of drug-likeness (QED) is 0.729. The molecule has 2 aromatic heterocycles. The number of aryl methyl sites for hydroxylation is 1. The van der Waals surface area contributed by atoms with Gasteiger partial charge in [-0.15, -0.1) is 0 Å². The minimum Gasteiger partial charge on any atom is -0.356 e. The second kappa shape index (κ2) is 5.81. The molecule has 0 unspecified atom stereocenters. The van der Waals surface area contributed by atoms with E-state index < -0.39 is 0 Å². The predicted octanol–water partition coefficient (Wildman–Crippen LogP) is 3.70. The number of anilines is 1. The lowest BCUT2D eigenvalue weighted by atomic mass is 9.96. The van der Waals surface area contributed by atoms with Crippen molar-refractivity contribution >= 4 is 28.5 Å². The highest BCUT2D eigenvalue weighted by atomic mass is 35.5. The lowest BCUT2D eigenvalue weighted by Gasteiger charge is -2.32. The van der Waals surface area contributed by atoms with Crippen LogP contribution in [-0.4, -0.2) is 33.0 Å². The number of aromatic amines is 1. The fourth-order valence-corrected chi connectivity index (χ4v) is 3.45. The Hall–Kier alpha value is -2.14. The normalized spacial score (nSPS) is 16.2. The molecule has 118 valence electrons. The molecule has 1 fully saturated rings. The van der Waals surface area contributed by atoms with Crippen molar-refractivity contribution in [2.45, 2.75) is 25.7 Å². The second-order valence-corrected chi connectivity index (χ2v) is 6.38. The number of fused-ring (bicyclic) bond motifs is 1. The summed E-state index contributed by atoms with van der Waals surface area (Å²) >= 11 is 6.05. The first-order chi connectivity index (χ1) is 11.2. The van der Waals surface area contributed by atoms with Gasteiger partial charge in [0.25, 0.3) is 0 Å². The van der Waals surface area contributed by atoms with Gasteiger partial charge in [-0.1, -0.05) is 23.7 Å². The van der Waals surface area contributed by atoms with Gasteiger partial charge in [-0.3, -0.25) is 0 Å². The minimum atomic E-state index is 0.469. The number of benzene rings is 1. The summed E-state index contributed by atoms with van der Waals surface area (Å²) in [6, 6.07) is 10.0. The number of rotatable bonds is 2. The lowest BCUT2D eigenvalue weighted by molar-refractivity contribution is 0.487. The van der Waals surface area contributed by atoms with E-state index in [9.17, 15) is 0 Å². The highest BCUT2D eigenvalue weighted by Gasteiger charge is 2.24.